The quantitative estimate of drug-likeness (QED) is 0.862. The number of benzene rings is 2. The Morgan fingerprint density at radius 3 is 2.57 bits per heavy atom. The van der Waals surface area contributed by atoms with Gasteiger partial charge in [0.1, 0.15) is 16.5 Å². The Hall–Kier alpha value is -2.08. The van der Waals surface area contributed by atoms with E-state index in [9.17, 15) is 12.8 Å². The van der Waals surface area contributed by atoms with Gasteiger partial charge in [-0.2, -0.15) is 0 Å². The first-order chi connectivity index (χ1) is 9.94. The Labute approximate surface area is 123 Å². The third-order valence-electron chi connectivity index (χ3n) is 2.90. The first-order valence-electron chi connectivity index (χ1n) is 6.42. The maximum absolute atomic E-state index is 13.7. The second kappa shape index (κ2) is 6.13. The van der Waals surface area contributed by atoms with Crippen molar-refractivity contribution in [2.45, 2.75) is 17.6 Å². The molecule has 0 saturated heterocycles. The lowest BCUT2D eigenvalue weighted by atomic mass is 10.2. The lowest BCUT2D eigenvalue weighted by molar-refractivity contribution is 0.337. The van der Waals surface area contributed by atoms with Crippen LogP contribution >= 0.6 is 0 Å². The van der Waals surface area contributed by atoms with Gasteiger partial charge >= 0.3 is 0 Å². The van der Waals surface area contributed by atoms with Crippen molar-refractivity contribution >= 4 is 15.5 Å². The summed E-state index contributed by atoms with van der Waals surface area (Å²) in [6.07, 6.45) is 0. The van der Waals surface area contributed by atoms with Crippen molar-refractivity contribution in [2.75, 3.05) is 12.3 Å². The Balaban J connectivity index is 2.41. The van der Waals surface area contributed by atoms with Crippen molar-refractivity contribution in [1.29, 1.82) is 0 Å². The summed E-state index contributed by atoms with van der Waals surface area (Å²) in [5, 5.41) is 0. The van der Waals surface area contributed by atoms with Crippen molar-refractivity contribution in [1.82, 2.24) is 0 Å². The molecular weight excluding hydrogens is 293 g/mol. The maximum atomic E-state index is 13.7. The molecule has 0 aliphatic heterocycles. The Morgan fingerprint density at radius 2 is 1.90 bits per heavy atom. The van der Waals surface area contributed by atoms with Crippen LogP contribution in [-0.2, 0) is 15.6 Å². The zero-order valence-electron chi connectivity index (χ0n) is 11.5. The predicted octanol–water partition coefficient (Wildman–Crippen LogP) is 2.78. The molecule has 0 aromatic heterocycles. The fourth-order valence-corrected chi connectivity index (χ4v) is 3.43. The van der Waals surface area contributed by atoms with Gasteiger partial charge in [-0.25, -0.2) is 12.8 Å². The van der Waals surface area contributed by atoms with E-state index >= 15 is 0 Å². The first-order valence-corrected chi connectivity index (χ1v) is 8.07. The average Bonchev–Trinajstić information content (AvgIpc) is 2.42. The summed E-state index contributed by atoms with van der Waals surface area (Å²) >= 11 is 0. The lowest BCUT2D eigenvalue weighted by Crippen LogP contribution is -2.09. The van der Waals surface area contributed by atoms with Crippen LogP contribution in [0.4, 0.5) is 10.1 Å². The van der Waals surface area contributed by atoms with E-state index in [2.05, 4.69) is 0 Å². The Bertz CT molecular complexity index is 744. The number of hydrogen-bond donors (Lipinski definition) is 1. The van der Waals surface area contributed by atoms with Crippen LogP contribution in [0.15, 0.2) is 47.4 Å². The van der Waals surface area contributed by atoms with Gasteiger partial charge in [-0.1, -0.05) is 12.1 Å². The number of rotatable bonds is 5. The molecule has 0 aliphatic carbocycles. The zero-order chi connectivity index (χ0) is 15.5. The van der Waals surface area contributed by atoms with E-state index in [1.807, 2.05) is 0 Å². The van der Waals surface area contributed by atoms with Crippen molar-refractivity contribution in [3.05, 3.63) is 53.8 Å². The minimum atomic E-state index is -3.81. The van der Waals surface area contributed by atoms with Crippen LogP contribution in [0.25, 0.3) is 0 Å². The van der Waals surface area contributed by atoms with Crippen LogP contribution in [0.1, 0.15) is 12.5 Å². The Morgan fingerprint density at radius 1 is 1.19 bits per heavy atom. The predicted molar refractivity (Wildman–Crippen MR) is 79.3 cm³/mol. The number of sulfone groups is 1. The highest BCUT2D eigenvalue weighted by Crippen LogP contribution is 2.27. The van der Waals surface area contributed by atoms with Crippen LogP contribution in [-0.4, -0.2) is 15.0 Å². The molecule has 0 amide bonds. The van der Waals surface area contributed by atoms with Gasteiger partial charge in [0.2, 0.25) is 0 Å². The molecule has 0 heterocycles. The van der Waals surface area contributed by atoms with Crippen LogP contribution < -0.4 is 10.5 Å². The highest BCUT2D eigenvalue weighted by molar-refractivity contribution is 7.90. The van der Waals surface area contributed by atoms with Gasteiger partial charge in [0.25, 0.3) is 0 Å². The van der Waals surface area contributed by atoms with Crippen molar-refractivity contribution in [2.24, 2.45) is 0 Å². The van der Waals surface area contributed by atoms with E-state index in [0.29, 0.717) is 23.6 Å². The molecule has 0 saturated carbocycles. The molecule has 0 aliphatic rings. The summed E-state index contributed by atoms with van der Waals surface area (Å²) in [6, 6.07) is 10.1. The Kier molecular flexibility index (Phi) is 4.47. The number of halogens is 1. The SMILES string of the molecule is CCOc1ccc(N)cc1CS(=O)(=O)c1ccccc1F. The molecule has 0 radical (unpaired) electrons. The van der Waals surface area contributed by atoms with E-state index in [0.717, 1.165) is 6.07 Å². The van der Waals surface area contributed by atoms with Crippen LogP contribution in [0, 0.1) is 5.82 Å². The number of hydrogen-bond acceptors (Lipinski definition) is 4. The van der Waals surface area contributed by atoms with Crippen LogP contribution in [0.3, 0.4) is 0 Å². The molecule has 2 N–H and O–H groups in total. The van der Waals surface area contributed by atoms with Gasteiger partial charge in [-0.05, 0) is 37.3 Å². The fourth-order valence-electron chi connectivity index (χ4n) is 1.99. The summed E-state index contributed by atoms with van der Waals surface area (Å²) in [5.74, 6) is -0.695. The molecular formula is C15H16FNO3S. The highest BCUT2D eigenvalue weighted by atomic mass is 32.2. The summed E-state index contributed by atoms with van der Waals surface area (Å²) in [6.45, 7) is 2.20. The molecule has 0 atom stereocenters. The van der Waals surface area contributed by atoms with Gasteiger partial charge in [-0.3, -0.25) is 0 Å². The van der Waals surface area contributed by atoms with Gasteiger partial charge < -0.3 is 10.5 Å². The molecule has 6 heteroatoms. The minimum Gasteiger partial charge on any atom is -0.494 e. The largest absolute Gasteiger partial charge is 0.494 e. The van der Waals surface area contributed by atoms with E-state index in [1.165, 1.54) is 24.3 Å². The van der Waals surface area contributed by atoms with E-state index < -0.39 is 15.7 Å². The summed E-state index contributed by atoms with van der Waals surface area (Å²) < 4.78 is 43.8. The molecule has 2 aromatic carbocycles. The smallest absolute Gasteiger partial charge is 0.185 e. The third-order valence-corrected chi connectivity index (χ3v) is 4.59. The molecule has 0 spiro atoms. The van der Waals surface area contributed by atoms with Crippen LogP contribution in [0.5, 0.6) is 5.75 Å². The van der Waals surface area contributed by atoms with Crippen molar-refractivity contribution in [3.8, 4) is 5.75 Å². The summed E-state index contributed by atoms with van der Waals surface area (Å²) in [4.78, 5) is -0.324. The second-order valence-corrected chi connectivity index (χ2v) is 6.45. The zero-order valence-corrected chi connectivity index (χ0v) is 12.4. The van der Waals surface area contributed by atoms with Gasteiger partial charge in [0, 0.05) is 11.3 Å². The lowest BCUT2D eigenvalue weighted by Gasteiger charge is -2.12. The average molecular weight is 309 g/mol. The number of anilines is 1. The van der Waals surface area contributed by atoms with Crippen molar-refractivity contribution < 1.29 is 17.5 Å². The maximum Gasteiger partial charge on any atom is 0.185 e. The first kappa shape index (κ1) is 15.3. The molecule has 0 fully saturated rings. The summed E-state index contributed by atoms with van der Waals surface area (Å²) in [5.41, 5.74) is 6.53. The fraction of sp³-hybridized carbons (Fsp3) is 0.200. The normalized spacial score (nSPS) is 11.3. The molecule has 21 heavy (non-hydrogen) atoms. The van der Waals surface area contributed by atoms with E-state index in [1.54, 1.807) is 19.1 Å². The molecule has 2 rings (SSSR count). The van der Waals surface area contributed by atoms with Gasteiger partial charge in [0.05, 0.1) is 12.4 Å². The van der Waals surface area contributed by atoms with Gasteiger partial charge in [-0.15, -0.1) is 0 Å². The topological polar surface area (TPSA) is 69.4 Å². The molecule has 112 valence electrons. The number of nitrogen functional groups attached to an aromatic ring is 1. The monoisotopic (exact) mass is 309 g/mol. The highest BCUT2D eigenvalue weighted by Gasteiger charge is 2.21. The summed E-state index contributed by atoms with van der Waals surface area (Å²) in [7, 11) is -3.81. The van der Waals surface area contributed by atoms with Gasteiger partial charge in [0.15, 0.2) is 9.84 Å². The van der Waals surface area contributed by atoms with Crippen molar-refractivity contribution in [3.63, 3.8) is 0 Å². The standard InChI is InChI=1S/C15H16FNO3S/c1-2-20-14-8-7-12(17)9-11(14)10-21(18,19)15-6-4-3-5-13(15)16/h3-9H,2,10,17H2,1H3. The van der Waals surface area contributed by atoms with E-state index in [-0.39, 0.29) is 10.6 Å². The second-order valence-electron chi connectivity index (χ2n) is 4.49. The minimum absolute atomic E-state index is 0.324. The third kappa shape index (κ3) is 3.52. The van der Waals surface area contributed by atoms with Crippen LogP contribution in [0.2, 0.25) is 0 Å². The molecule has 0 unspecified atom stereocenters. The molecule has 0 bridgehead atoms. The molecule has 2 aromatic rings. The molecule has 4 nitrogen and oxygen atoms in total. The number of nitrogens with two attached hydrogens (primary N) is 1. The number of ether oxygens (including phenoxy) is 1. The van der Waals surface area contributed by atoms with E-state index in [4.69, 9.17) is 10.5 Å².